The molecule has 0 saturated carbocycles. The quantitative estimate of drug-likeness (QED) is 0.706. The van der Waals surface area contributed by atoms with Gasteiger partial charge in [-0.25, -0.2) is 0 Å². The number of aryl methyl sites for hydroxylation is 1. The van der Waals surface area contributed by atoms with Crippen molar-refractivity contribution in [3.63, 3.8) is 0 Å². The lowest BCUT2D eigenvalue weighted by molar-refractivity contribution is 0.667. The van der Waals surface area contributed by atoms with Gasteiger partial charge in [-0.05, 0) is 0 Å². The molecule has 0 amide bonds. The Kier molecular flexibility index (Phi) is 2.49. The highest BCUT2D eigenvalue weighted by Crippen LogP contribution is 2.03. The zero-order valence-corrected chi connectivity index (χ0v) is 8.52. The maximum absolute atomic E-state index is 5.66. The minimum absolute atomic E-state index is 0.487. The van der Waals surface area contributed by atoms with Gasteiger partial charge in [0.05, 0.1) is 18.6 Å². The molecule has 74 valence electrons. The Morgan fingerprint density at radius 3 is 2.86 bits per heavy atom. The Bertz CT molecular complexity index is 419. The molecule has 2 aromatic heterocycles. The minimum atomic E-state index is 0.487. The molecular weight excluding hydrogens is 202 g/mol. The first-order valence-corrected chi connectivity index (χ1v) is 4.74. The first-order valence-electron chi connectivity index (χ1n) is 4.20. The summed E-state index contributed by atoms with van der Waals surface area (Å²) >= 11 is 5.66. The van der Waals surface area contributed by atoms with Gasteiger partial charge in [-0.2, -0.15) is 5.10 Å². The van der Waals surface area contributed by atoms with Gasteiger partial charge in [-0.15, -0.1) is 16.7 Å². The first kappa shape index (κ1) is 9.21. The number of hydrogen-bond acceptors (Lipinski definition) is 3. The summed E-state index contributed by atoms with van der Waals surface area (Å²) in [6.45, 7) is 0.630. The van der Waals surface area contributed by atoms with E-state index in [0.29, 0.717) is 12.4 Å². The highest BCUT2D eigenvalue weighted by Gasteiger charge is 2.01. The number of hydrogen-bond donors (Lipinski definition) is 0. The molecule has 0 radical (unpaired) electrons. The monoisotopic (exact) mass is 211 g/mol. The van der Waals surface area contributed by atoms with Crippen LogP contribution in [0.1, 0.15) is 11.3 Å². The highest BCUT2D eigenvalue weighted by molar-refractivity contribution is 6.17. The summed E-state index contributed by atoms with van der Waals surface area (Å²) in [4.78, 5) is 0. The third kappa shape index (κ3) is 1.93. The molecule has 0 spiro atoms. The second-order valence-corrected chi connectivity index (χ2v) is 3.33. The maximum atomic E-state index is 5.66. The van der Waals surface area contributed by atoms with Crippen molar-refractivity contribution >= 4 is 11.6 Å². The molecule has 0 fully saturated rings. The van der Waals surface area contributed by atoms with Crippen LogP contribution in [0.15, 0.2) is 18.6 Å². The van der Waals surface area contributed by atoms with Gasteiger partial charge >= 0.3 is 0 Å². The predicted molar refractivity (Wildman–Crippen MR) is 51.9 cm³/mol. The van der Waals surface area contributed by atoms with Gasteiger partial charge in [0, 0.05) is 25.0 Å². The highest BCUT2D eigenvalue weighted by atomic mass is 35.5. The zero-order chi connectivity index (χ0) is 9.97. The van der Waals surface area contributed by atoms with E-state index in [4.69, 9.17) is 11.6 Å². The molecule has 0 aliphatic rings. The van der Waals surface area contributed by atoms with E-state index in [-0.39, 0.29) is 0 Å². The molecule has 0 aromatic carbocycles. The van der Waals surface area contributed by atoms with Crippen molar-refractivity contribution in [2.45, 2.75) is 12.4 Å². The second kappa shape index (κ2) is 3.79. The van der Waals surface area contributed by atoms with Crippen molar-refractivity contribution < 1.29 is 0 Å². The van der Waals surface area contributed by atoms with Crippen LogP contribution >= 0.6 is 11.6 Å². The van der Waals surface area contributed by atoms with Gasteiger partial charge in [0.25, 0.3) is 0 Å². The van der Waals surface area contributed by atoms with Gasteiger partial charge < -0.3 is 0 Å². The minimum Gasteiger partial charge on any atom is -0.266 e. The van der Waals surface area contributed by atoms with E-state index in [0.717, 1.165) is 11.3 Å². The van der Waals surface area contributed by atoms with E-state index in [2.05, 4.69) is 15.4 Å². The maximum Gasteiger partial charge on any atom is 0.104 e. The predicted octanol–water partition coefficient (Wildman–Crippen LogP) is 0.799. The molecular formula is C8H10ClN5. The average molecular weight is 212 g/mol. The molecule has 0 atom stereocenters. The standard InChI is InChI=1S/C8H10ClN5/c1-13-5-8(11-12-13)6-14-4-7(2-9)3-10-14/h3-5H,2,6H2,1H3. The molecule has 2 heterocycles. The SMILES string of the molecule is Cn1cc(Cn2cc(CCl)cn2)nn1. The van der Waals surface area contributed by atoms with Crippen LogP contribution in [0.5, 0.6) is 0 Å². The van der Waals surface area contributed by atoms with E-state index in [1.54, 1.807) is 15.6 Å². The van der Waals surface area contributed by atoms with Crippen molar-refractivity contribution in [1.29, 1.82) is 0 Å². The lowest BCUT2D eigenvalue weighted by Gasteiger charge is -1.94. The van der Waals surface area contributed by atoms with Gasteiger partial charge in [0.15, 0.2) is 0 Å². The van der Waals surface area contributed by atoms with Gasteiger partial charge in [-0.3, -0.25) is 9.36 Å². The van der Waals surface area contributed by atoms with Gasteiger partial charge in [0.1, 0.15) is 5.69 Å². The molecule has 14 heavy (non-hydrogen) atoms. The summed E-state index contributed by atoms with van der Waals surface area (Å²) in [5, 5.41) is 12.0. The van der Waals surface area contributed by atoms with E-state index < -0.39 is 0 Å². The van der Waals surface area contributed by atoms with Crippen molar-refractivity contribution in [2.75, 3.05) is 0 Å². The topological polar surface area (TPSA) is 48.5 Å². The Balaban J connectivity index is 2.10. The molecule has 2 aromatic rings. The van der Waals surface area contributed by atoms with E-state index in [1.807, 2.05) is 19.4 Å². The normalized spacial score (nSPS) is 10.7. The molecule has 5 nitrogen and oxygen atoms in total. The Labute approximate surface area is 86.3 Å². The number of halogens is 1. The average Bonchev–Trinajstić information content (AvgIpc) is 2.76. The van der Waals surface area contributed by atoms with Crippen molar-refractivity contribution in [1.82, 2.24) is 24.8 Å². The number of alkyl halides is 1. The summed E-state index contributed by atoms with van der Waals surface area (Å²) in [5.41, 5.74) is 1.90. The molecule has 0 N–H and O–H groups in total. The third-order valence-corrected chi connectivity index (χ3v) is 2.12. The fourth-order valence-corrected chi connectivity index (χ4v) is 1.33. The van der Waals surface area contributed by atoms with Crippen LogP contribution in [0.4, 0.5) is 0 Å². The fourth-order valence-electron chi connectivity index (χ4n) is 1.20. The van der Waals surface area contributed by atoms with Crippen molar-refractivity contribution in [2.24, 2.45) is 7.05 Å². The first-order chi connectivity index (χ1) is 6.78. The molecule has 0 unspecified atom stereocenters. The van der Waals surface area contributed by atoms with Crippen molar-refractivity contribution in [3.8, 4) is 0 Å². The van der Waals surface area contributed by atoms with Crippen LogP contribution in [-0.2, 0) is 19.5 Å². The zero-order valence-electron chi connectivity index (χ0n) is 7.76. The third-order valence-electron chi connectivity index (χ3n) is 1.82. The molecule has 0 bridgehead atoms. The number of rotatable bonds is 3. The lowest BCUT2D eigenvalue weighted by atomic mass is 10.4. The Hall–Kier alpha value is -1.36. The molecule has 0 aliphatic heterocycles. The van der Waals surface area contributed by atoms with Crippen LogP contribution in [0, 0.1) is 0 Å². The molecule has 6 heteroatoms. The number of aromatic nitrogens is 5. The summed E-state index contributed by atoms with van der Waals surface area (Å²) in [6, 6.07) is 0. The Morgan fingerprint density at radius 1 is 1.43 bits per heavy atom. The molecule has 0 aliphatic carbocycles. The summed E-state index contributed by atoms with van der Waals surface area (Å²) in [5.74, 6) is 0.487. The van der Waals surface area contributed by atoms with Crippen LogP contribution in [0.2, 0.25) is 0 Å². The molecule has 0 saturated heterocycles. The van der Waals surface area contributed by atoms with E-state index in [1.165, 1.54) is 0 Å². The van der Waals surface area contributed by atoms with E-state index >= 15 is 0 Å². The van der Waals surface area contributed by atoms with Gasteiger partial charge in [0.2, 0.25) is 0 Å². The van der Waals surface area contributed by atoms with Crippen molar-refractivity contribution in [3.05, 3.63) is 29.8 Å². The van der Waals surface area contributed by atoms with Crippen LogP contribution in [0.3, 0.4) is 0 Å². The number of nitrogens with zero attached hydrogens (tertiary/aromatic N) is 5. The summed E-state index contributed by atoms with van der Waals surface area (Å²) in [7, 11) is 1.84. The smallest absolute Gasteiger partial charge is 0.104 e. The Morgan fingerprint density at radius 2 is 2.29 bits per heavy atom. The van der Waals surface area contributed by atoms with Crippen LogP contribution < -0.4 is 0 Å². The molecule has 2 rings (SSSR count). The summed E-state index contributed by atoms with van der Waals surface area (Å²) < 4.78 is 3.46. The largest absolute Gasteiger partial charge is 0.266 e. The van der Waals surface area contributed by atoms with Crippen LogP contribution in [0.25, 0.3) is 0 Å². The fraction of sp³-hybridized carbons (Fsp3) is 0.375. The second-order valence-electron chi connectivity index (χ2n) is 3.06. The van der Waals surface area contributed by atoms with Crippen LogP contribution in [-0.4, -0.2) is 24.8 Å². The summed E-state index contributed by atoms with van der Waals surface area (Å²) in [6.07, 6.45) is 5.52. The van der Waals surface area contributed by atoms with Gasteiger partial charge in [-0.1, -0.05) is 5.21 Å². The van der Waals surface area contributed by atoms with E-state index in [9.17, 15) is 0 Å². The lowest BCUT2D eigenvalue weighted by Crippen LogP contribution is -2.00.